The van der Waals surface area contributed by atoms with Gasteiger partial charge in [0.05, 0.1) is 26.1 Å². The number of esters is 2. The lowest BCUT2D eigenvalue weighted by atomic mass is 9.96. The molecule has 1 fully saturated rings. The Balaban J connectivity index is 2.81. The molecule has 0 aromatic rings. The monoisotopic (exact) mass is 232 g/mol. The number of rotatable bonds is 1. The van der Waals surface area contributed by atoms with E-state index in [4.69, 9.17) is 5.11 Å². The SMILES string of the molecule is O=C1CC(O)(C(=O)O)CC(=O)OCCCO1. The van der Waals surface area contributed by atoms with Gasteiger partial charge in [0.2, 0.25) is 0 Å². The quantitative estimate of drug-likeness (QED) is 0.562. The van der Waals surface area contributed by atoms with Crippen molar-refractivity contribution in [2.45, 2.75) is 24.9 Å². The van der Waals surface area contributed by atoms with Gasteiger partial charge in [-0.25, -0.2) is 4.79 Å². The number of aliphatic carboxylic acids is 1. The Morgan fingerprint density at radius 3 is 1.94 bits per heavy atom. The van der Waals surface area contributed by atoms with E-state index in [9.17, 15) is 19.5 Å². The summed E-state index contributed by atoms with van der Waals surface area (Å²) in [6, 6.07) is 0. The van der Waals surface area contributed by atoms with Crippen molar-refractivity contribution in [2.24, 2.45) is 0 Å². The number of ether oxygens (including phenoxy) is 2. The minimum absolute atomic E-state index is 0.0296. The minimum Gasteiger partial charge on any atom is -0.479 e. The molecule has 1 aliphatic rings. The summed E-state index contributed by atoms with van der Waals surface area (Å²) in [5, 5.41) is 18.4. The Morgan fingerprint density at radius 2 is 1.56 bits per heavy atom. The van der Waals surface area contributed by atoms with Crippen LogP contribution >= 0.6 is 0 Å². The molecule has 1 saturated heterocycles. The number of carboxylic acid groups (broad SMARTS) is 1. The summed E-state index contributed by atoms with van der Waals surface area (Å²) in [5.74, 6) is -3.35. The van der Waals surface area contributed by atoms with Crippen LogP contribution in [0.3, 0.4) is 0 Å². The van der Waals surface area contributed by atoms with Gasteiger partial charge in [-0.3, -0.25) is 9.59 Å². The van der Waals surface area contributed by atoms with Gasteiger partial charge in [0.1, 0.15) is 0 Å². The van der Waals surface area contributed by atoms with Crippen molar-refractivity contribution < 1.29 is 34.1 Å². The number of hydrogen-bond acceptors (Lipinski definition) is 6. The van der Waals surface area contributed by atoms with Crippen LogP contribution in [-0.2, 0) is 23.9 Å². The molecule has 0 radical (unpaired) electrons. The van der Waals surface area contributed by atoms with Crippen LogP contribution in [-0.4, -0.2) is 46.9 Å². The fourth-order valence-electron chi connectivity index (χ4n) is 1.22. The first-order chi connectivity index (χ1) is 7.44. The fourth-order valence-corrected chi connectivity index (χ4v) is 1.22. The van der Waals surface area contributed by atoms with Crippen molar-refractivity contribution in [3.05, 3.63) is 0 Å². The molecule has 2 N–H and O–H groups in total. The van der Waals surface area contributed by atoms with E-state index in [2.05, 4.69) is 9.47 Å². The van der Waals surface area contributed by atoms with Gasteiger partial charge in [0.15, 0.2) is 5.60 Å². The number of hydrogen-bond donors (Lipinski definition) is 2. The molecule has 7 heteroatoms. The van der Waals surface area contributed by atoms with Gasteiger partial charge in [-0.15, -0.1) is 0 Å². The van der Waals surface area contributed by atoms with Crippen LogP contribution in [0.4, 0.5) is 0 Å². The maximum Gasteiger partial charge on any atom is 0.336 e. The summed E-state index contributed by atoms with van der Waals surface area (Å²) in [7, 11) is 0. The third-order valence-corrected chi connectivity index (χ3v) is 2.09. The number of aliphatic hydroxyl groups is 1. The molecule has 1 heterocycles. The maximum atomic E-state index is 11.1. The van der Waals surface area contributed by atoms with E-state index in [0.29, 0.717) is 6.42 Å². The molecule has 1 aliphatic heterocycles. The standard InChI is InChI=1S/C9H12O7/c10-6-4-9(14,8(12)13)5-7(11)16-3-1-2-15-6/h14H,1-5H2,(H,12,13). The summed E-state index contributed by atoms with van der Waals surface area (Å²) in [6.45, 7) is 0.0592. The second-order valence-corrected chi connectivity index (χ2v) is 3.48. The predicted octanol–water partition coefficient (Wildman–Crippen LogP) is -0.928. The molecule has 7 nitrogen and oxygen atoms in total. The van der Waals surface area contributed by atoms with Gasteiger partial charge in [-0.2, -0.15) is 0 Å². The Morgan fingerprint density at radius 1 is 1.12 bits per heavy atom. The van der Waals surface area contributed by atoms with Crippen molar-refractivity contribution in [2.75, 3.05) is 13.2 Å². The molecule has 1 rings (SSSR count). The summed E-state index contributed by atoms with van der Waals surface area (Å²) < 4.78 is 9.29. The lowest BCUT2D eigenvalue weighted by molar-refractivity contribution is -0.175. The highest BCUT2D eigenvalue weighted by Crippen LogP contribution is 2.18. The molecule has 0 amide bonds. The fraction of sp³-hybridized carbons (Fsp3) is 0.667. The highest BCUT2D eigenvalue weighted by molar-refractivity contribution is 5.89. The molecule has 0 unspecified atom stereocenters. The van der Waals surface area contributed by atoms with Crippen LogP contribution < -0.4 is 0 Å². The third-order valence-electron chi connectivity index (χ3n) is 2.09. The zero-order valence-corrected chi connectivity index (χ0v) is 8.47. The minimum atomic E-state index is -2.45. The van der Waals surface area contributed by atoms with Crippen LogP contribution in [0.15, 0.2) is 0 Å². The molecular formula is C9H12O7. The van der Waals surface area contributed by atoms with Gasteiger partial charge < -0.3 is 19.7 Å². The number of carbonyl (C=O) groups excluding carboxylic acids is 2. The number of carbonyl (C=O) groups is 3. The van der Waals surface area contributed by atoms with E-state index in [1.165, 1.54) is 0 Å². The normalized spacial score (nSPS) is 21.8. The average Bonchev–Trinajstić information content (AvgIpc) is 2.15. The smallest absolute Gasteiger partial charge is 0.336 e. The first-order valence-electron chi connectivity index (χ1n) is 4.71. The summed E-state index contributed by atoms with van der Waals surface area (Å²) in [5.41, 5.74) is -2.45. The molecule has 0 saturated carbocycles. The van der Waals surface area contributed by atoms with Gasteiger partial charge in [0, 0.05) is 6.42 Å². The molecule has 0 bridgehead atoms. The van der Waals surface area contributed by atoms with E-state index >= 15 is 0 Å². The first kappa shape index (κ1) is 12.4. The van der Waals surface area contributed by atoms with Gasteiger partial charge in [-0.1, -0.05) is 0 Å². The van der Waals surface area contributed by atoms with E-state index in [1.54, 1.807) is 0 Å². The lowest BCUT2D eigenvalue weighted by Gasteiger charge is -2.22. The van der Waals surface area contributed by atoms with Crippen LogP contribution in [0.25, 0.3) is 0 Å². The second kappa shape index (κ2) is 4.93. The summed E-state index contributed by atoms with van der Waals surface area (Å²) in [6.07, 6.45) is -1.18. The van der Waals surface area contributed by atoms with Gasteiger partial charge >= 0.3 is 17.9 Å². The molecule has 0 aliphatic carbocycles. The maximum absolute atomic E-state index is 11.1. The average molecular weight is 232 g/mol. The molecule has 0 aromatic carbocycles. The van der Waals surface area contributed by atoms with Crippen LogP contribution in [0.2, 0.25) is 0 Å². The molecule has 16 heavy (non-hydrogen) atoms. The molecular weight excluding hydrogens is 220 g/mol. The van der Waals surface area contributed by atoms with Crippen molar-refractivity contribution in [1.29, 1.82) is 0 Å². The predicted molar refractivity (Wildman–Crippen MR) is 48.4 cm³/mol. The highest BCUT2D eigenvalue weighted by Gasteiger charge is 2.42. The zero-order chi connectivity index (χ0) is 12.2. The van der Waals surface area contributed by atoms with Gasteiger partial charge in [-0.05, 0) is 0 Å². The van der Waals surface area contributed by atoms with E-state index in [1.807, 2.05) is 0 Å². The third kappa shape index (κ3) is 3.20. The molecule has 0 spiro atoms. The summed E-state index contributed by atoms with van der Waals surface area (Å²) in [4.78, 5) is 33.0. The zero-order valence-electron chi connectivity index (χ0n) is 8.47. The Kier molecular flexibility index (Phi) is 3.83. The Bertz CT molecular complexity index is 289. The Labute approximate surface area is 91.0 Å². The largest absolute Gasteiger partial charge is 0.479 e. The van der Waals surface area contributed by atoms with E-state index in [-0.39, 0.29) is 13.2 Å². The lowest BCUT2D eigenvalue weighted by Crippen LogP contribution is -2.44. The van der Waals surface area contributed by atoms with Crippen LogP contribution in [0, 0.1) is 0 Å². The van der Waals surface area contributed by atoms with Crippen LogP contribution in [0.5, 0.6) is 0 Å². The highest BCUT2D eigenvalue weighted by atomic mass is 16.5. The number of cyclic esters (lactones) is 2. The van der Waals surface area contributed by atoms with Crippen molar-refractivity contribution in [3.63, 3.8) is 0 Å². The second-order valence-electron chi connectivity index (χ2n) is 3.48. The van der Waals surface area contributed by atoms with E-state index < -0.39 is 36.4 Å². The number of carboxylic acids is 1. The topological polar surface area (TPSA) is 110 Å². The van der Waals surface area contributed by atoms with Gasteiger partial charge in [0.25, 0.3) is 0 Å². The van der Waals surface area contributed by atoms with E-state index in [0.717, 1.165) is 0 Å². The molecule has 0 atom stereocenters. The first-order valence-corrected chi connectivity index (χ1v) is 4.71. The summed E-state index contributed by atoms with van der Waals surface area (Å²) >= 11 is 0. The van der Waals surface area contributed by atoms with Crippen molar-refractivity contribution >= 4 is 17.9 Å². The van der Waals surface area contributed by atoms with Crippen molar-refractivity contribution in [3.8, 4) is 0 Å². The Hall–Kier alpha value is -1.63. The van der Waals surface area contributed by atoms with Crippen molar-refractivity contribution in [1.82, 2.24) is 0 Å². The van der Waals surface area contributed by atoms with Crippen LogP contribution in [0.1, 0.15) is 19.3 Å². The molecule has 0 aromatic heterocycles. The molecule has 90 valence electrons.